The Hall–Kier alpha value is -1.06. The summed E-state index contributed by atoms with van der Waals surface area (Å²) in [6, 6.07) is 1.77. The molecule has 0 bridgehead atoms. The molecule has 0 aliphatic carbocycles. The molecule has 1 aromatic rings. The number of aromatic nitrogens is 2. The van der Waals surface area contributed by atoms with E-state index < -0.39 is 6.17 Å². The Bertz CT molecular complexity index is 272. The third kappa shape index (κ3) is 1.17. The molecule has 1 aliphatic rings. The van der Waals surface area contributed by atoms with E-state index in [1.165, 1.54) is 0 Å². The van der Waals surface area contributed by atoms with E-state index in [0.29, 0.717) is 19.0 Å². The molecule has 0 saturated heterocycles. The lowest BCUT2D eigenvalue weighted by molar-refractivity contribution is 0.114. The molecular weight excluding hydrogens is 159 g/mol. The molecule has 1 unspecified atom stereocenters. The van der Waals surface area contributed by atoms with Gasteiger partial charge in [-0.25, -0.2) is 9.07 Å². The van der Waals surface area contributed by atoms with E-state index in [9.17, 15) is 4.39 Å². The van der Waals surface area contributed by atoms with Crippen LogP contribution in [0.2, 0.25) is 0 Å². The number of ether oxygens (including phenoxy) is 1. The van der Waals surface area contributed by atoms with E-state index in [-0.39, 0.29) is 5.92 Å². The summed E-state index contributed by atoms with van der Waals surface area (Å²) in [4.78, 5) is 0. The zero-order valence-corrected chi connectivity index (χ0v) is 6.61. The molecule has 0 aromatic carbocycles. The van der Waals surface area contributed by atoms with Gasteiger partial charge in [0.2, 0.25) is 5.88 Å². The number of hydrogen-bond acceptors (Lipinski definition) is 2. The Balaban J connectivity index is 2.15. The Morgan fingerprint density at radius 1 is 1.83 bits per heavy atom. The first-order valence-corrected chi connectivity index (χ1v) is 3.89. The molecule has 65 valence electrons. The smallest absolute Gasteiger partial charge is 0.211 e. The van der Waals surface area contributed by atoms with E-state index in [2.05, 4.69) is 12.0 Å². The first-order valence-electron chi connectivity index (χ1n) is 3.89. The van der Waals surface area contributed by atoms with Crippen LogP contribution in [0.5, 0.6) is 5.88 Å². The van der Waals surface area contributed by atoms with Gasteiger partial charge in [0, 0.05) is 12.0 Å². The van der Waals surface area contributed by atoms with Gasteiger partial charge in [0.1, 0.15) is 6.17 Å². The predicted octanol–water partition coefficient (Wildman–Crippen LogP) is 1.06. The average molecular weight is 169 g/mol. The van der Waals surface area contributed by atoms with Crippen molar-refractivity contribution in [1.29, 1.82) is 0 Å². The number of hydrogen-bond donors (Lipinski definition) is 0. The standard InChI is InChI=1S/C8H10FN2O/c1-6(9)7-4-11-8(12-5-7)2-3-10-11/h2-3,6-7H,1,4-5H2/t6?,7-/m0/s1. The Labute approximate surface area is 70.1 Å². The summed E-state index contributed by atoms with van der Waals surface area (Å²) in [5, 5.41) is 3.99. The van der Waals surface area contributed by atoms with Gasteiger partial charge in [-0.15, -0.1) is 0 Å². The summed E-state index contributed by atoms with van der Waals surface area (Å²) in [6.07, 6.45) is 0.566. The fourth-order valence-corrected chi connectivity index (χ4v) is 1.27. The summed E-state index contributed by atoms with van der Waals surface area (Å²) < 4.78 is 19.7. The van der Waals surface area contributed by atoms with Gasteiger partial charge in [-0.1, -0.05) is 0 Å². The minimum absolute atomic E-state index is 0.169. The third-order valence-electron chi connectivity index (χ3n) is 2.04. The van der Waals surface area contributed by atoms with E-state index in [1.54, 1.807) is 16.9 Å². The molecule has 1 aliphatic heterocycles. The van der Waals surface area contributed by atoms with Crippen LogP contribution in [0.4, 0.5) is 4.39 Å². The minimum atomic E-state index is -1.08. The van der Waals surface area contributed by atoms with Gasteiger partial charge in [-0.05, 0) is 6.92 Å². The van der Waals surface area contributed by atoms with Crippen LogP contribution in [0.25, 0.3) is 0 Å². The molecule has 0 N–H and O–H groups in total. The van der Waals surface area contributed by atoms with Crippen LogP contribution < -0.4 is 4.74 Å². The normalized spacial score (nSPS) is 24.3. The van der Waals surface area contributed by atoms with E-state index >= 15 is 0 Å². The van der Waals surface area contributed by atoms with E-state index in [4.69, 9.17) is 4.74 Å². The second-order valence-corrected chi connectivity index (χ2v) is 2.94. The highest BCUT2D eigenvalue weighted by Gasteiger charge is 2.24. The Morgan fingerprint density at radius 3 is 3.42 bits per heavy atom. The molecule has 1 aromatic heterocycles. The second-order valence-electron chi connectivity index (χ2n) is 2.94. The van der Waals surface area contributed by atoms with Crippen molar-refractivity contribution in [2.24, 2.45) is 5.92 Å². The lowest BCUT2D eigenvalue weighted by Gasteiger charge is -2.24. The lowest BCUT2D eigenvalue weighted by atomic mass is 10.1. The van der Waals surface area contributed by atoms with Crippen LogP contribution in [0.3, 0.4) is 0 Å². The van der Waals surface area contributed by atoms with Crippen molar-refractivity contribution in [1.82, 2.24) is 9.78 Å². The van der Waals surface area contributed by atoms with Gasteiger partial charge in [-0.3, -0.25) is 0 Å². The average Bonchev–Trinajstić information content (AvgIpc) is 2.49. The topological polar surface area (TPSA) is 27.1 Å². The number of halogens is 1. The lowest BCUT2D eigenvalue weighted by Crippen LogP contribution is -2.31. The molecule has 1 radical (unpaired) electrons. The maximum absolute atomic E-state index is 12.8. The van der Waals surface area contributed by atoms with Gasteiger partial charge in [0.25, 0.3) is 0 Å². The monoisotopic (exact) mass is 169 g/mol. The van der Waals surface area contributed by atoms with Crippen LogP contribution in [0.15, 0.2) is 12.3 Å². The third-order valence-corrected chi connectivity index (χ3v) is 2.04. The van der Waals surface area contributed by atoms with Crippen molar-refractivity contribution in [2.45, 2.75) is 12.7 Å². The Morgan fingerprint density at radius 2 is 2.67 bits per heavy atom. The van der Waals surface area contributed by atoms with E-state index in [1.807, 2.05) is 0 Å². The van der Waals surface area contributed by atoms with Crippen LogP contribution in [0.1, 0.15) is 0 Å². The summed E-state index contributed by atoms with van der Waals surface area (Å²) in [6.45, 7) is 4.29. The van der Waals surface area contributed by atoms with Crippen LogP contribution in [-0.4, -0.2) is 22.6 Å². The maximum atomic E-state index is 12.8. The molecule has 0 amide bonds. The predicted molar refractivity (Wildman–Crippen MR) is 41.5 cm³/mol. The zero-order valence-electron chi connectivity index (χ0n) is 6.61. The molecule has 2 rings (SSSR count). The SMILES string of the molecule is [CH2]C(F)[C@@H]1COc2ccnn2C1. The summed E-state index contributed by atoms with van der Waals surface area (Å²) in [7, 11) is 0. The largest absolute Gasteiger partial charge is 0.477 e. The van der Waals surface area contributed by atoms with Gasteiger partial charge in [0.15, 0.2) is 0 Å². The minimum Gasteiger partial charge on any atom is -0.477 e. The molecule has 3 nitrogen and oxygen atoms in total. The molecule has 0 spiro atoms. The molecule has 4 heteroatoms. The van der Waals surface area contributed by atoms with Gasteiger partial charge >= 0.3 is 0 Å². The fourth-order valence-electron chi connectivity index (χ4n) is 1.27. The zero-order chi connectivity index (χ0) is 8.55. The molecule has 2 heterocycles. The highest BCUT2D eigenvalue weighted by molar-refractivity contribution is 5.09. The molecule has 0 fully saturated rings. The summed E-state index contributed by atoms with van der Waals surface area (Å²) in [5.41, 5.74) is 0. The molecule has 12 heavy (non-hydrogen) atoms. The molecular formula is C8H10FN2O. The Kier molecular flexibility index (Phi) is 1.75. The second kappa shape index (κ2) is 2.77. The van der Waals surface area contributed by atoms with Crippen LogP contribution in [-0.2, 0) is 6.54 Å². The van der Waals surface area contributed by atoms with Crippen molar-refractivity contribution in [3.63, 3.8) is 0 Å². The van der Waals surface area contributed by atoms with Gasteiger partial charge < -0.3 is 4.74 Å². The number of alkyl halides is 1. The maximum Gasteiger partial charge on any atom is 0.211 e. The number of rotatable bonds is 1. The number of fused-ring (bicyclic) bond motifs is 1. The van der Waals surface area contributed by atoms with E-state index in [0.717, 1.165) is 0 Å². The first-order chi connectivity index (χ1) is 5.77. The van der Waals surface area contributed by atoms with Crippen molar-refractivity contribution >= 4 is 0 Å². The van der Waals surface area contributed by atoms with Crippen molar-refractivity contribution in [2.75, 3.05) is 6.61 Å². The van der Waals surface area contributed by atoms with Gasteiger partial charge in [0.05, 0.1) is 19.3 Å². The van der Waals surface area contributed by atoms with Crippen LogP contribution in [0, 0.1) is 12.8 Å². The number of nitrogens with zero attached hydrogens (tertiary/aromatic N) is 2. The fraction of sp³-hybridized carbons (Fsp3) is 0.500. The quantitative estimate of drug-likeness (QED) is 0.628. The van der Waals surface area contributed by atoms with Gasteiger partial charge in [-0.2, -0.15) is 5.10 Å². The van der Waals surface area contributed by atoms with Crippen molar-refractivity contribution in [3.8, 4) is 5.88 Å². The highest BCUT2D eigenvalue weighted by atomic mass is 19.1. The molecule has 2 atom stereocenters. The molecule has 0 saturated carbocycles. The highest BCUT2D eigenvalue weighted by Crippen LogP contribution is 2.21. The summed E-state index contributed by atoms with van der Waals surface area (Å²) >= 11 is 0. The van der Waals surface area contributed by atoms with Crippen LogP contribution >= 0.6 is 0 Å². The van der Waals surface area contributed by atoms with Crippen molar-refractivity contribution < 1.29 is 9.13 Å². The first kappa shape index (κ1) is 7.58. The van der Waals surface area contributed by atoms with Crippen molar-refractivity contribution in [3.05, 3.63) is 19.2 Å². The summed E-state index contributed by atoms with van der Waals surface area (Å²) in [5.74, 6) is 0.546.